The van der Waals surface area contributed by atoms with Gasteiger partial charge in [0.05, 0.1) is 13.3 Å². The van der Waals surface area contributed by atoms with Gasteiger partial charge in [-0.05, 0) is 76.6 Å². The first-order valence-electron chi connectivity index (χ1n) is 8.19. The smallest absolute Gasteiger partial charge is 0.271 e. The van der Waals surface area contributed by atoms with E-state index in [0.717, 1.165) is 0 Å². The topological polar surface area (TPSA) is 92.9 Å². The predicted octanol–water partition coefficient (Wildman–Crippen LogP) is 4.07. The average molecular weight is 442 g/mol. The maximum atomic E-state index is 12.2. The summed E-state index contributed by atoms with van der Waals surface area (Å²) < 4.78 is 10.9. The SMILES string of the molecule is COc1ccc(C(=O)Nc2ccc(C(=O)N/N=C\c3ccc(Br)o3)cc2)cc1. The highest BCUT2D eigenvalue weighted by Gasteiger charge is 2.08. The Morgan fingerprint density at radius 3 is 2.21 bits per heavy atom. The summed E-state index contributed by atoms with van der Waals surface area (Å²) in [5.41, 5.74) is 3.88. The molecule has 2 N–H and O–H groups in total. The van der Waals surface area contributed by atoms with Crippen LogP contribution in [0.1, 0.15) is 26.5 Å². The summed E-state index contributed by atoms with van der Waals surface area (Å²) in [4.78, 5) is 24.3. The Labute approximate surface area is 169 Å². The highest BCUT2D eigenvalue weighted by Crippen LogP contribution is 2.15. The van der Waals surface area contributed by atoms with E-state index in [1.165, 1.54) is 6.21 Å². The van der Waals surface area contributed by atoms with Crippen molar-refractivity contribution in [2.45, 2.75) is 0 Å². The van der Waals surface area contributed by atoms with Gasteiger partial charge in [-0.3, -0.25) is 9.59 Å². The van der Waals surface area contributed by atoms with E-state index in [-0.39, 0.29) is 11.8 Å². The predicted molar refractivity (Wildman–Crippen MR) is 109 cm³/mol. The van der Waals surface area contributed by atoms with Crippen molar-refractivity contribution in [2.24, 2.45) is 5.10 Å². The van der Waals surface area contributed by atoms with Gasteiger partial charge >= 0.3 is 0 Å². The molecule has 0 aliphatic heterocycles. The lowest BCUT2D eigenvalue weighted by atomic mass is 10.1. The van der Waals surface area contributed by atoms with Gasteiger partial charge in [0.15, 0.2) is 4.67 Å². The summed E-state index contributed by atoms with van der Waals surface area (Å²) in [5, 5.41) is 6.61. The monoisotopic (exact) mass is 441 g/mol. The Hall–Kier alpha value is -3.39. The maximum absolute atomic E-state index is 12.2. The number of ether oxygens (including phenoxy) is 1. The number of carbonyl (C=O) groups excluding carboxylic acids is 2. The Kier molecular flexibility index (Phi) is 6.23. The molecule has 0 spiro atoms. The van der Waals surface area contributed by atoms with E-state index in [0.29, 0.717) is 33.0 Å². The molecule has 0 atom stereocenters. The molecular weight excluding hydrogens is 426 g/mol. The fourth-order valence-electron chi connectivity index (χ4n) is 2.27. The summed E-state index contributed by atoms with van der Waals surface area (Å²) in [6, 6.07) is 16.7. The number of hydrogen-bond donors (Lipinski definition) is 2. The van der Waals surface area contributed by atoms with Gasteiger partial charge in [-0.25, -0.2) is 5.43 Å². The lowest BCUT2D eigenvalue weighted by Gasteiger charge is -2.07. The van der Waals surface area contributed by atoms with Crippen molar-refractivity contribution in [2.75, 3.05) is 12.4 Å². The van der Waals surface area contributed by atoms with E-state index in [4.69, 9.17) is 9.15 Å². The third-order valence-electron chi connectivity index (χ3n) is 3.71. The minimum absolute atomic E-state index is 0.255. The second-order valence-electron chi connectivity index (χ2n) is 5.60. The van der Waals surface area contributed by atoms with Crippen molar-refractivity contribution in [3.63, 3.8) is 0 Å². The molecule has 0 aliphatic carbocycles. The van der Waals surface area contributed by atoms with Crippen LogP contribution in [-0.4, -0.2) is 25.1 Å². The minimum atomic E-state index is -0.380. The lowest BCUT2D eigenvalue weighted by molar-refractivity contribution is 0.0954. The Balaban J connectivity index is 1.56. The molecule has 0 saturated carbocycles. The second kappa shape index (κ2) is 9.01. The fraction of sp³-hybridized carbons (Fsp3) is 0.0500. The van der Waals surface area contributed by atoms with Gasteiger partial charge in [-0.1, -0.05) is 0 Å². The molecule has 0 aliphatic rings. The number of nitrogens with zero attached hydrogens (tertiary/aromatic N) is 1. The molecule has 2 aromatic carbocycles. The number of methoxy groups -OCH3 is 1. The van der Waals surface area contributed by atoms with Crippen LogP contribution in [0.15, 0.2) is 74.9 Å². The van der Waals surface area contributed by atoms with Crippen molar-refractivity contribution in [3.05, 3.63) is 82.2 Å². The molecule has 0 radical (unpaired) electrons. The number of benzene rings is 2. The molecule has 8 heteroatoms. The van der Waals surface area contributed by atoms with E-state index in [1.807, 2.05) is 0 Å². The Morgan fingerprint density at radius 2 is 1.61 bits per heavy atom. The zero-order valence-electron chi connectivity index (χ0n) is 14.8. The van der Waals surface area contributed by atoms with Gasteiger partial charge in [0.2, 0.25) is 0 Å². The van der Waals surface area contributed by atoms with Crippen LogP contribution in [-0.2, 0) is 0 Å². The van der Waals surface area contributed by atoms with Crippen LogP contribution in [0.3, 0.4) is 0 Å². The minimum Gasteiger partial charge on any atom is -0.497 e. The molecular formula is C20H16BrN3O4. The van der Waals surface area contributed by atoms with Crippen LogP contribution in [0.2, 0.25) is 0 Å². The molecule has 3 rings (SSSR count). The number of carbonyl (C=O) groups is 2. The maximum Gasteiger partial charge on any atom is 0.271 e. The van der Waals surface area contributed by atoms with Crippen molar-refractivity contribution in [1.82, 2.24) is 5.43 Å². The first kappa shape index (κ1) is 19.4. The first-order valence-corrected chi connectivity index (χ1v) is 8.98. The van der Waals surface area contributed by atoms with Crippen LogP contribution >= 0.6 is 15.9 Å². The normalized spacial score (nSPS) is 10.6. The second-order valence-corrected chi connectivity index (χ2v) is 6.38. The quantitative estimate of drug-likeness (QED) is 0.445. The molecule has 28 heavy (non-hydrogen) atoms. The highest BCUT2D eigenvalue weighted by atomic mass is 79.9. The Morgan fingerprint density at radius 1 is 0.964 bits per heavy atom. The van der Waals surface area contributed by atoms with Gasteiger partial charge < -0.3 is 14.5 Å². The number of furan rings is 1. The summed E-state index contributed by atoms with van der Waals surface area (Å²) >= 11 is 3.18. The van der Waals surface area contributed by atoms with E-state index in [2.05, 4.69) is 31.8 Å². The number of amides is 2. The fourth-order valence-corrected chi connectivity index (χ4v) is 2.59. The largest absolute Gasteiger partial charge is 0.497 e. The summed E-state index contributed by atoms with van der Waals surface area (Å²) in [5.74, 6) is 0.544. The van der Waals surface area contributed by atoms with Gasteiger partial charge in [0.25, 0.3) is 11.8 Å². The van der Waals surface area contributed by atoms with Crippen molar-refractivity contribution in [3.8, 4) is 5.75 Å². The third-order valence-corrected chi connectivity index (χ3v) is 4.14. The van der Waals surface area contributed by atoms with E-state index >= 15 is 0 Å². The molecule has 1 heterocycles. The lowest BCUT2D eigenvalue weighted by Crippen LogP contribution is -2.17. The van der Waals surface area contributed by atoms with Crippen molar-refractivity contribution in [1.29, 1.82) is 0 Å². The number of hydrazone groups is 1. The van der Waals surface area contributed by atoms with Crippen molar-refractivity contribution >= 4 is 39.6 Å². The number of hydrogen-bond acceptors (Lipinski definition) is 5. The van der Waals surface area contributed by atoms with Gasteiger partial charge in [0.1, 0.15) is 11.5 Å². The molecule has 2 amide bonds. The Bertz CT molecular complexity index is 995. The standard InChI is InChI=1S/C20H16BrN3O4/c1-27-16-8-4-13(5-9-16)19(25)23-15-6-2-14(3-7-15)20(26)24-22-12-17-10-11-18(21)28-17/h2-12H,1H3,(H,23,25)(H,24,26)/b22-12-. The summed E-state index contributed by atoms with van der Waals surface area (Å²) in [6.45, 7) is 0. The number of rotatable bonds is 6. The molecule has 1 aromatic heterocycles. The first-order chi connectivity index (χ1) is 13.5. The zero-order chi connectivity index (χ0) is 19.9. The van der Waals surface area contributed by atoms with E-state index in [1.54, 1.807) is 67.8 Å². The summed E-state index contributed by atoms with van der Waals surface area (Å²) in [7, 11) is 1.56. The van der Waals surface area contributed by atoms with E-state index in [9.17, 15) is 9.59 Å². The molecule has 0 saturated heterocycles. The number of nitrogens with one attached hydrogen (secondary N) is 2. The van der Waals surface area contributed by atoms with Crippen LogP contribution in [0.4, 0.5) is 5.69 Å². The summed E-state index contributed by atoms with van der Waals surface area (Å²) in [6.07, 6.45) is 1.39. The van der Waals surface area contributed by atoms with Crippen molar-refractivity contribution < 1.29 is 18.7 Å². The molecule has 0 bridgehead atoms. The number of halogens is 1. The van der Waals surface area contributed by atoms with E-state index < -0.39 is 0 Å². The van der Waals surface area contributed by atoms with Gasteiger partial charge in [0, 0.05) is 16.8 Å². The molecule has 7 nitrogen and oxygen atoms in total. The third kappa shape index (κ3) is 5.08. The van der Waals surface area contributed by atoms with Gasteiger partial charge in [-0.15, -0.1) is 0 Å². The van der Waals surface area contributed by atoms with Crippen LogP contribution < -0.4 is 15.5 Å². The van der Waals surface area contributed by atoms with Gasteiger partial charge in [-0.2, -0.15) is 5.10 Å². The molecule has 142 valence electrons. The molecule has 3 aromatic rings. The zero-order valence-corrected chi connectivity index (χ0v) is 16.4. The van der Waals surface area contributed by atoms with Crippen LogP contribution in [0.25, 0.3) is 0 Å². The average Bonchev–Trinajstić information content (AvgIpc) is 3.13. The van der Waals surface area contributed by atoms with Crippen LogP contribution in [0, 0.1) is 0 Å². The number of anilines is 1. The van der Waals surface area contributed by atoms with Crippen LogP contribution in [0.5, 0.6) is 5.75 Å². The molecule has 0 unspecified atom stereocenters. The molecule has 0 fully saturated rings. The highest BCUT2D eigenvalue weighted by molar-refractivity contribution is 9.10.